The predicted molar refractivity (Wildman–Crippen MR) is 94.7 cm³/mol. The van der Waals surface area contributed by atoms with Gasteiger partial charge in [0.25, 0.3) is 0 Å². The molecule has 3 aromatic rings. The Kier molecular flexibility index (Phi) is 4.42. The van der Waals surface area contributed by atoms with Crippen molar-refractivity contribution in [2.24, 2.45) is 0 Å². The summed E-state index contributed by atoms with van der Waals surface area (Å²) >= 11 is 0. The van der Waals surface area contributed by atoms with Gasteiger partial charge in [0.15, 0.2) is 0 Å². The van der Waals surface area contributed by atoms with Crippen LogP contribution in [0.5, 0.6) is 0 Å². The Morgan fingerprint density at radius 2 is 1.85 bits per heavy atom. The number of hydrogen-bond donors (Lipinski definition) is 2. The van der Waals surface area contributed by atoms with Gasteiger partial charge in [0, 0.05) is 23.0 Å². The van der Waals surface area contributed by atoms with Gasteiger partial charge in [0.1, 0.15) is 11.6 Å². The van der Waals surface area contributed by atoms with Gasteiger partial charge < -0.3 is 15.0 Å². The molecule has 2 N–H and O–H groups in total. The zero-order valence-electron chi connectivity index (χ0n) is 14.0. The van der Waals surface area contributed by atoms with Gasteiger partial charge in [-0.3, -0.25) is 4.79 Å². The first-order valence-electron chi connectivity index (χ1n) is 8.53. The van der Waals surface area contributed by atoms with E-state index in [4.69, 9.17) is 4.74 Å². The van der Waals surface area contributed by atoms with E-state index >= 15 is 0 Å². The third-order valence-electron chi connectivity index (χ3n) is 4.61. The largest absolute Gasteiger partial charge is 0.377 e. The molecular weight excluding hydrogens is 338 g/mol. The zero-order valence-corrected chi connectivity index (χ0v) is 14.0. The lowest BCUT2D eigenvalue weighted by Gasteiger charge is -2.26. The molecule has 0 saturated carbocycles. The number of hydrogen-bond acceptors (Lipinski definition) is 2. The number of carbonyl (C=O) groups is 1. The Labute approximate surface area is 149 Å². The number of carbonyl (C=O) groups excluding carboxylic acids is 1. The quantitative estimate of drug-likeness (QED) is 0.734. The fraction of sp³-hybridized carbons (Fsp3) is 0.250. The molecule has 26 heavy (non-hydrogen) atoms. The van der Waals surface area contributed by atoms with Crippen molar-refractivity contribution in [1.29, 1.82) is 0 Å². The van der Waals surface area contributed by atoms with Crippen LogP contribution in [0.15, 0.2) is 42.5 Å². The number of benzene rings is 2. The van der Waals surface area contributed by atoms with E-state index in [2.05, 4.69) is 10.3 Å². The van der Waals surface area contributed by atoms with Crippen LogP contribution in [-0.2, 0) is 16.0 Å². The molecule has 1 fully saturated rings. The van der Waals surface area contributed by atoms with Gasteiger partial charge in [-0.05, 0) is 60.0 Å². The van der Waals surface area contributed by atoms with Crippen LogP contribution in [0.2, 0.25) is 0 Å². The highest BCUT2D eigenvalue weighted by Gasteiger charge is 2.21. The molecule has 0 spiro atoms. The molecule has 1 saturated heterocycles. The smallest absolute Gasteiger partial charge is 0.220 e. The number of aryl methyl sites for hydroxylation is 1. The van der Waals surface area contributed by atoms with Gasteiger partial charge >= 0.3 is 0 Å². The van der Waals surface area contributed by atoms with Crippen molar-refractivity contribution in [1.82, 2.24) is 10.3 Å². The molecular formula is C20H18F2N2O2. The minimum atomic E-state index is -0.334. The Balaban J connectivity index is 1.65. The van der Waals surface area contributed by atoms with E-state index in [1.54, 1.807) is 18.2 Å². The van der Waals surface area contributed by atoms with E-state index in [9.17, 15) is 13.6 Å². The number of halogens is 2. The zero-order chi connectivity index (χ0) is 18.1. The Bertz CT molecular complexity index is 946. The van der Waals surface area contributed by atoms with E-state index in [-0.39, 0.29) is 30.0 Å². The van der Waals surface area contributed by atoms with E-state index in [0.717, 1.165) is 27.7 Å². The number of aromatic amines is 1. The predicted octanol–water partition coefficient (Wildman–Crippen LogP) is 3.56. The highest BCUT2D eigenvalue weighted by Crippen LogP contribution is 2.32. The number of aromatic nitrogens is 1. The van der Waals surface area contributed by atoms with Crippen LogP contribution in [0.3, 0.4) is 0 Å². The van der Waals surface area contributed by atoms with Crippen LogP contribution in [0, 0.1) is 11.6 Å². The van der Waals surface area contributed by atoms with Crippen LogP contribution in [0.25, 0.3) is 22.2 Å². The Morgan fingerprint density at radius 3 is 2.54 bits per heavy atom. The van der Waals surface area contributed by atoms with E-state index in [0.29, 0.717) is 19.6 Å². The number of rotatable bonds is 5. The molecule has 4 rings (SSSR count). The highest BCUT2D eigenvalue weighted by atomic mass is 19.1. The van der Waals surface area contributed by atoms with Crippen LogP contribution < -0.4 is 5.32 Å². The molecule has 0 bridgehead atoms. The molecule has 0 aliphatic carbocycles. The maximum atomic E-state index is 13.7. The van der Waals surface area contributed by atoms with Gasteiger partial charge in [-0.25, -0.2) is 8.78 Å². The number of amides is 1. The summed E-state index contributed by atoms with van der Waals surface area (Å²) in [7, 11) is 0. The second-order valence-electron chi connectivity index (χ2n) is 6.48. The van der Waals surface area contributed by atoms with Crippen molar-refractivity contribution in [3.05, 3.63) is 59.7 Å². The highest BCUT2D eigenvalue weighted by molar-refractivity contribution is 5.91. The van der Waals surface area contributed by atoms with Gasteiger partial charge in [-0.2, -0.15) is 0 Å². The topological polar surface area (TPSA) is 54.1 Å². The summed E-state index contributed by atoms with van der Waals surface area (Å²) in [6, 6.07) is 10.7. The molecule has 2 aromatic carbocycles. The molecule has 1 aliphatic heterocycles. The fourth-order valence-corrected chi connectivity index (χ4v) is 3.20. The van der Waals surface area contributed by atoms with Crippen LogP contribution >= 0.6 is 0 Å². The summed E-state index contributed by atoms with van der Waals surface area (Å²) < 4.78 is 32.1. The maximum Gasteiger partial charge on any atom is 0.220 e. The summed E-state index contributed by atoms with van der Waals surface area (Å²) in [5, 5.41) is 3.65. The molecule has 0 unspecified atom stereocenters. The second-order valence-corrected chi connectivity index (χ2v) is 6.48. The fourth-order valence-electron chi connectivity index (χ4n) is 3.20. The average molecular weight is 356 g/mol. The van der Waals surface area contributed by atoms with E-state index in [1.807, 2.05) is 0 Å². The lowest BCUT2D eigenvalue weighted by atomic mass is 10.0. The summed E-state index contributed by atoms with van der Waals surface area (Å²) in [5.74, 6) is -0.715. The van der Waals surface area contributed by atoms with Gasteiger partial charge in [0.2, 0.25) is 5.91 Å². The summed E-state index contributed by atoms with van der Waals surface area (Å²) in [4.78, 5) is 15.4. The lowest BCUT2D eigenvalue weighted by Crippen LogP contribution is -2.48. The molecule has 6 heteroatoms. The standard InChI is InChI=1S/C20H18F2N2O2/c21-13-3-1-12(2-4-13)20-16(6-8-19(25)23-15-10-26-11-15)17-9-14(22)5-7-18(17)24-20/h1-5,7,9,15,24H,6,8,10-11H2,(H,23,25). The molecule has 0 radical (unpaired) electrons. The summed E-state index contributed by atoms with van der Waals surface area (Å²) in [5.41, 5.74) is 3.22. The Morgan fingerprint density at radius 1 is 1.12 bits per heavy atom. The number of nitrogens with one attached hydrogen (secondary N) is 2. The molecule has 2 heterocycles. The first-order valence-corrected chi connectivity index (χ1v) is 8.53. The van der Waals surface area contributed by atoms with Crippen molar-refractivity contribution in [2.75, 3.05) is 13.2 Å². The number of ether oxygens (including phenoxy) is 1. The second kappa shape index (κ2) is 6.88. The van der Waals surface area contributed by atoms with Crippen LogP contribution in [-0.4, -0.2) is 30.1 Å². The van der Waals surface area contributed by atoms with Crippen molar-refractivity contribution in [3.8, 4) is 11.3 Å². The monoisotopic (exact) mass is 356 g/mol. The molecule has 1 amide bonds. The normalized spacial score (nSPS) is 14.4. The first-order chi connectivity index (χ1) is 12.6. The lowest BCUT2D eigenvalue weighted by molar-refractivity contribution is -0.125. The third-order valence-corrected chi connectivity index (χ3v) is 4.61. The van der Waals surface area contributed by atoms with Gasteiger partial charge in [-0.1, -0.05) is 0 Å². The molecule has 1 aromatic heterocycles. The first kappa shape index (κ1) is 16.7. The minimum Gasteiger partial charge on any atom is -0.377 e. The number of H-pyrrole nitrogens is 1. The summed E-state index contributed by atoms with van der Waals surface area (Å²) in [6.45, 7) is 1.09. The van der Waals surface area contributed by atoms with Crippen molar-refractivity contribution in [3.63, 3.8) is 0 Å². The van der Waals surface area contributed by atoms with Crippen LogP contribution in [0.1, 0.15) is 12.0 Å². The SMILES string of the molecule is O=C(CCc1c(-c2ccc(F)cc2)[nH]c2ccc(F)cc12)NC1COC1. The summed E-state index contributed by atoms with van der Waals surface area (Å²) in [6.07, 6.45) is 0.740. The minimum absolute atomic E-state index is 0.0610. The Hall–Kier alpha value is -2.73. The molecule has 0 atom stereocenters. The molecule has 4 nitrogen and oxygen atoms in total. The number of fused-ring (bicyclic) bond motifs is 1. The van der Waals surface area contributed by atoms with Crippen LogP contribution in [0.4, 0.5) is 8.78 Å². The molecule has 134 valence electrons. The van der Waals surface area contributed by atoms with Crippen molar-refractivity contribution >= 4 is 16.8 Å². The molecule has 1 aliphatic rings. The third kappa shape index (κ3) is 3.32. The van der Waals surface area contributed by atoms with Gasteiger partial charge in [0.05, 0.1) is 19.3 Å². The maximum absolute atomic E-state index is 13.7. The average Bonchev–Trinajstić information content (AvgIpc) is 2.95. The van der Waals surface area contributed by atoms with E-state index in [1.165, 1.54) is 24.3 Å². The van der Waals surface area contributed by atoms with Gasteiger partial charge in [-0.15, -0.1) is 0 Å². The van der Waals surface area contributed by atoms with Crippen molar-refractivity contribution in [2.45, 2.75) is 18.9 Å². The van der Waals surface area contributed by atoms with E-state index < -0.39 is 0 Å². The van der Waals surface area contributed by atoms with Crippen molar-refractivity contribution < 1.29 is 18.3 Å².